The molecule has 0 fully saturated rings. The summed E-state index contributed by atoms with van der Waals surface area (Å²) in [5.74, 6) is -0.377. The number of aryl methyl sites for hydroxylation is 1. The van der Waals surface area contributed by atoms with Crippen molar-refractivity contribution in [2.45, 2.75) is 19.5 Å². The van der Waals surface area contributed by atoms with E-state index in [-0.39, 0.29) is 11.6 Å². The number of carboxylic acid groups (broad SMARTS) is 1. The maximum Gasteiger partial charge on any atom is 0.356 e. The molecule has 2 N–H and O–H groups in total. The van der Waals surface area contributed by atoms with Crippen LogP contribution in [0, 0.1) is 0 Å². The second-order valence-corrected chi connectivity index (χ2v) is 6.81. The topological polar surface area (TPSA) is 104 Å². The lowest BCUT2D eigenvalue weighted by Gasteiger charge is -2.19. The minimum absolute atomic E-state index is 0.0144. The van der Waals surface area contributed by atoms with E-state index in [0.717, 1.165) is 22.8 Å². The minimum atomic E-state index is -1.06. The first-order chi connectivity index (χ1) is 12.1. The predicted molar refractivity (Wildman–Crippen MR) is 90.4 cm³/mol. The molecule has 25 heavy (non-hydrogen) atoms. The third-order valence-corrected chi connectivity index (χ3v) is 5.15. The van der Waals surface area contributed by atoms with Gasteiger partial charge < -0.3 is 15.0 Å². The van der Waals surface area contributed by atoms with Crippen LogP contribution in [0.1, 0.15) is 32.3 Å². The fraction of sp³-hybridized carbons (Fsp3) is 0.250. The van der Waals surface area contributed by atoms with Crippen molar-refractivity contribution in [3.05, 3.63) is 46.9 Å². The number of H-pyrrole nitrogens is 1. The molecular formula is C16H15N5O3S. The summed E-state index contributed by atoms with van der Waals surface area (Å²) in [5.41, 5.74) is 0.756. The van der Waals surface area contributed by atoms with E-state index in [1.807, 2.05) is 6.07 Å². The molecule has 0 unspecified atom stereocenters. The molecule has 0 bridgehead atoms. The molecule has 1 aliphatic rings. The van der Waals surface area contributed by atoms with Gasteiger partial charge in [0.25, 0.3) is 5.91 Å². The first kappa shape index (κ1) is 15.6. The summed E-state index contributed by atoms with van der Waals surface area (Å²) in [5, 5.41) is 13.2. The van der Waals surface area contributed by atoms with Crippen molar-refractivity contribution >= 4 is 23.2 Å². The van der Waals surface area contributed by atoms with Gasteiger partial charge in [0.2, 0.25) is 0 Å². The quantitative estimate of drug-likeness (QED) is 0.747. The number of carboxylic acids is 1. The number of nitrogens with one attached hydrogen (secondary N) is 1. The van der Waals surface area contributed by atoms with Crippen LogP contribution in [-0.2, 0) is 13.1 Å². The lowest BCUT2D eigenvalue weighted by atomic mass is 10.3. The standard InChI is InChI=1S/C16H15N5O3S/c22-15(13-3-2-12(25-13)14-17-4-5-18-14)20-6-1-7-21-10(9-20)8-11(19-21)16(23)24/h2-5,8H,1,6-7,9H2,(H,17,18)(H,23,24). The number of carbonyl (C=O) groups is 2. The van der Waals surface area contributed by atoms with Crippen molar-refractivity contribution in [1.29, 1.82) is 0 Å². The molecular weight excluding hydrogens is 342 g/mol. The Morgan fingerprint density at radius 3 is 2.92 bits per heavy atom. The van der Waals surface area contributed by atoms with E-state index in [4.69, 9.17) is 5.11 Å². The van der Waals surface area contributed by atoms with Gasteiger partial charge in [-0.2, -0.15) is 5.10 Å². The zero-order valence-electron chi connectivity index (χ0n) is 13.2. The van der Waals surface area contributed by atoms with E-state index < -0.39 is 5.97 Å². The summed E-state index contributed by atoms with van der Waals surface area (Å²) in [6.07, 6.45) is 4.15. The normalized spacial score (nSPS) is 14.2. The number of nitrogens with zero attached hydrogens (tertiary/aromatic N) is 4. The summed E-state index contributed by atoms with van der Waals surface area (Å²) < 4.78 is 1.68. The third kappa shape index (κ3) is 2.93. The first-order valence-electron chi connectivity index (χ1n) is 7.81. The number of aromatic carboxylic acids is 1. The van der Waals surface area contributed by atoms with Crippen LogP contribution in [0.25, 0.3) is 10.7 Å². The van der Waals surface area contributed by atoms with E-state index in [1.54, 1.807) is 28.0 Å². The van der Waals surface area contributed by atoms with Crippen LogP contribution in [0.2, 0.25) is 0 Å². The Labute approximate surface area is 146 Å². The average molecular weight is 357 g/mol. The Kier molecular flexibility index (Phi) is 3.85. The van der Waals surface area contributed by atoms with Gasteiger partial charge in [0.1, 0.15) is 5.82 Å². The van der Waals surface area contributed by atoms with E-state index in [9.17, 15) is 9.59 Å². The van der Waals surface area contributed by atoms with Crippen molar-refractivity contribution in [2.75, 3.05) is 6.54 Å². The average Bonchev–Trinajstić information content (AvgIpc) is 3.32. The van der Waals surface area contributed by atoms with Gasteiger partial charge in [0, 0.05) is 25.5 Å². The Bertz CT molecular complexity index is 928. The van der Waals surface area contributed by atoms with Crippen LogP contribution >= 0.6 is 11.3 Å². The Balaban J connectivity index is 1.56. The highest BCUT2D eigenvalue weighted by Crippen LogP contribution is 2.27. The van der Waals surface area contributed by atoms with E-state index in [2.05, 4.69) is 15.1 Å². The zero-order chi connectivity index (χ0) is 17.4. The molecule has 0 atom stereocenters. The lowest BCUT2D eigenvalue weighted by Crippen LogP contribution is -2.30. The minimum Gasteiger partial charge on any atom is -0.476 e. The van der Waals surface area contributed by atoms with Gasteiger partial charge in [-0.1, -0.05) is 0 Å². The van der Waals surface area contributed by atoms with E-state index >= 15 is 0 Å². The number of amides is 1. The smallest absolute Gasteiger partial charge is 0.356 e. The maximum absolute atomic E-state index is 12.8. The molecule has 0 aromatic carbocycles. The number of aromatic nitrogens is 4. The van der Waals surface area contributed by atoms with Gasteiger partial charge in [-0.15, -0.1) is 11.3 Å². The maximum atomic E-state index is 12.8. The number of aromatic amines is 1. The van der Waals surface area contributed by atoms with Crippen molar-refractivity contribution in [1.82, 2.24) is 24.6 Å². The van der Waals surface area contributed by atoms with Crippen LogP contribution in [0.3, 0.4) is 0 Å². The molecule has 1 amide bonds. The number of rotatable bonds is 3. The second-order valence-electron chi connectivity index (χ2n) is 5.73. The molecule has 9 heteroatoms. The number of imidazole rings is 1. The number of hydrogen-bond acceptors (Lipinski definition) is 5. The SMILES string of the molecule is O=C(O)c1cc2n(n1)CCCN(C(=O)c1ccc(-c3ncc[nH]3)s1)C2. The Hall–Kier alpha value is -2.94. The predicted octanol–water partition coefficient (Wildman–Crippen LogP) is 2.08. The molecule has 128 valence electrons. The molecule has 3 aromatic rings. The van der Waals surface area contributed by atoms with Gasteiger partial charge in [-0.3, -0.25) is 9.48 Å². The van der Waals surface area contributed by atoms with Gasteiger partial charge >= 0.3 is 5.97 Å². The van der Waals surface area contributed by atoms with Gasteiger partial charge in [-0.25, -0.2) is 9.78 Å². The Morgan fingerprint density at radius 2 is 2.16 bits per heavy atom. The summed E-state index contributed by atoms with van der Waals surface area (Å²) >= 11 is 1.39. The fourth-order valence-electron chi connectivity index (χ4n) is 2.88. The first-order valence-corrected chi connectivity index (χ1v) is 8.62. The summed E-state index contributed by atoms with van der Waals surface area (Å²) in [6, 6.07) is 5.22. The summed E-state index contributed by atoms with van der Waals surface area (Å²) in [6.45, 7) is 1.57. The van der Waals surface area contributed by atoms with Gasteiger partial charge in [0.05, 0.1) is 22.0 Å². The van der Waals surface area contributed by atoms with Crippen LogP contribution in [0.4, 0.5) is 0 Å². The van der Waals surface area contributed by atoms with E-state index in [1.165, 1.54) is 17.4 Å². The van der Waals surface area contributed by atoms with Crippen LogP contribution < -0.4 is 0 Å². The van der Waals surface area contributed by atoms with Gasteiger partial charge in [-0.05, 0) is 24.6 Å². The number of thiophene rings is 1. The van der Waals surface area contributed by atoms with Crippen molar-refractivity contribution in [3.63, 3.8) is 0 Å². The molecule has 0 radical (unpaired) electrons. The molecule has 1 aliphatic heterocycles. The molecule has 4 heterocycles. The van der Waals surface area contributed by atoms with Crippen molar-refractivity contribution < 1.29 is 14.7 Å². The second kappa shape index (κ2) is 6.17. The number of hydrogen-bond donors (Lipinski definition) is 2. The largest absolute Gasteiger partial charge is 0.476 e. The molecule has 4 rings (SSSR count). The monoisotopic (exact) mass is 357 g/mol. The lowest BCUT2D eigenvalue weighted by molar-refractivity contribution is 0.0689. The highest BCUT2D eigenvalue weighted by molar-refractivity contribution is 7.17. The van der Waals surface area contributed by atoms with Crippen molar-refractivity contribution in [2.24, 2.45) is 0 Å². The molecule has 8 nitrogen and oxygen atoms in total. The molecule has 0 saturated carbocycles. The third-order valence-electron chi connectivity index (χ3n) is 4.07. The van der Waals surface area contributed by atoms with Gasteiger partial charge in [0.15, 0.2) is 5.69 Å². The molecule has 0 aliphatic carbocycles. The van der Waals surface area contributed by atoms with E-state index in [0.29, 0.717) is 24.5 Å². The van der Waals surface area contributed by atoms with Crippen molar-refractivity contribution in [3.8, 4) is 10.7 Å². The fourth-order valence-corrected chi connectivity index (χ4v) is 3.81. The summed E-state index contributed by atoms with van der Waals surface area (Å²) in [4.78, 5) is 34.4. The summed E-state index contributed by atoms with van der Waals surface area (Å²) in [7, 11) is 0. The highest BCUT2D eigenvalue weighted by Gasteiger charge is 2.24. The van der Waals surface area contributed by atoms with Crippen LogP contribution in [0.15, 0.2) is 30.6 Å². The van der Waals surface area contributed by atoms with Crippen LogP contribution in [0.5, 0.6) is 0 Å². The molecule has 0 spiro atoms. The number of carbonyl (C=O) groups excluding carboxylic acids is 1. The van der Waals surface area contributed by atoms with Crippen LogP contribution in [-0.4, -0.2) is 48.2 Å². The number of fused-ring (bicyclic) bond motifs is 1. The Morgan fingerprint density at radius 1 is 1.28 bits per heavy atom. The highest BCUT2D eigenvalue weighted by atomic mass is 32.1. The molecule has 0 saturated heterocycles. The zero-order valence-corrected chi connectivity index (χ0v) is 14.0. The molecule has 3 aromatic heterocycles.